The predicted octanol–water partition coefficient (Wildman–Crippen LogP) is 3.98. The number of carbonyl (C=O) groups is 1. The molecule has 3 aromatic heterocycles. The molecule has 0 unspecified atom stereocenters. The SMILES string of the molecule is Cc1cc(C(F)(F)F)cnc1NC[C@@H]1[C@H](C)OC(F)(F)CN1C(=O)c1nn(C)c(C)c1-c1ncc(F)cn1. The third kappa shape index (κ3) is 5.42. The van der Waals surface area contributed by atoms with Crippen molar-refractivity contribution in [2.45, 2.75) is 45.2 Å². The number of rotatable bonds is 5. The Kier molecular flexibility index (Phi) is 7.07. The maximum Gasteiger partial charge on any atom is 0.417 e. The summed E-state index contributed by atoms with van der Waals surface area (Å²) in [5.74, 6) is -1.52. The minimum Gasteiger partial charge on any atom is -0.368 e. The highest BCUT2D eigenvalue weighted by molar-refractivity contribution is 5.99. The lowest BCUT2D eigenvalue weighted by Crippen LogP contribution is -2.61. The number of morpholine rings is 1. The Balaban J connectivity index is 1.66. The molecule has 1 aliphatic heterocycles. The second kappa shape index (κ2) is 9.85. The van der Waals surface area contributed by atoms with E-state index in [1.54, 1.807) is 6.92 Å². The van der Waals surface area contributed by atoms with Crippen LogP contribution in [0.2, 0.25) is 0 Å². The van der Waals surface area contributed by atoms with E-state index in [0.717, 1.165) is 23.4 Å². The molecular weight excluding hydrogens is 520 g/mol. The van der Waals surface area contributed by atoms with Crippen LogP contribution in [0, 0.1) is 19.7 Å². The minimum atomic E-state index is -4.58. The molecule has 0 aromatic carbocycles. The summed E-state index contributed by atoms with van der Waals surface area (Å²) in [5, 5.41) is 7.02. The number of aryl methyl sites for hydroxylation is 2. The molecule has 4 heterocycles. The zero-order chi connectivity index (χ0) is 28.0. The zero-order valence-electron chi connectivity index (χ0n) is 20.6. The van der Waals surface area contributed by atoms with Gasteiger partial charge in [-0.2, -0.15) is 27.1 Å². The maximum atomic E-state index is 14.4. The van der Waals surface area contributed by atoms with Gasteiger partial charge in [-0.05, 0) is 32.4 Å². The van der Waals surface area contributed by atoms with Gasteiger partial charge in [-0.25, -0.2) is 19.3 Å². The maximum absolute atomic E-state index is 14.4. The van der Waals surface area contributed by atoms with Crippen molar-refractivity contribution in [3.8, 4) is 11.4 Å². The second-order valence-corrected chi connectivity index (χ2v) is 8.89. The quantitative estimate of drug-likeness (QED) is 0.486. The Labute approximate surface area is 212 Å². The number of carbonyl (C=O) groups excluding carboxylic acids is 1. The predicted molar refractivity (Wildman–Crippen MR) is 122 cm³/mol. The Morgan fingerprint density at radius 1 is 1.18 bits per heavy atom. The molecule has 38 heavy (non-hydrogen) atoms. The van der Waals surface area contributed by atoms with E-state index in [4.69, 9.17) is 4.74 Å². The van der Waals surface area contributed by atoms with Crippen LogP contribution in [0.25, 0.3) is 11.4 Å². The average Bonchev–Trinajstić information content (AvgIpc) is 3.12. The summed E-state index contributed by atoms with van der Waals surface area (Å²) < 4.78 is 87.4. The van der Waals surface area contributed by atoms with E-state index in [1.807, 2.05) is 0 Å². The van der Waals surface area contributed by atoms with Gasteiger partial charge >= 0.3 is 12.3 Å². The molecule has 3 aromatic rings. The molecule has 0 saturated carbocycles. The van der Waals surface area contributed by atoms with E-state index in [2.05, 4.69) is 25.4 Å². The normalized spacial score (nSPS) is 19.5. The van der Waals surface area contributed by atoms with Gasteiger partial charge in [-0.1, -0.05) is 0 Å². The van der Waals surface area contributed by atoms with Gasteiger partial charge in [0.25, 0.3) is 5.91 Å². The number of nitrogens with one attached hydrogen (secondary N) is 1. The Bertz CT molecular complexity index is 1340. The van der Waals surface area contributed by atoms with Crippen LogP contribution < -0.4 is 5.32 Å². The van der Waals surface area contributed by atoms with Crippen LogP contribution in [0.15, 0.2) is 24.7 Å². The minimum absolute atomic E-state index is 0.0207. The van der Waals surface area contributed by atoms with Crippen LogP contribution >= 0.6 is 0 Å². The van der Waals surface area contributed by atoms with Crippen LogP contribution in [-0.4, -0.2) is 66.9 Å². The van der Waals surface area contributed by atoms with Crippen molar-refractivity contribution < 1.29 is 35.9 Å². The first-order valence-corrected chi connectivity index (χ1v) is 11.3. The van der Waals surface area contributed by atoms with E-state index in [-0.39, 0.29) is 35.0 Å². The van der Waals surface area contributed by atoms with Crippen LogP contribution in [0.5, 0.6) is 0 Å². The van der Waals surface area contributed by atoms with E-state index in [1.165, 1.54) is 25.6 Å². The molecule has 4 rings (SSSR count). The second-order valence-electron chi connectivity index (χ2n) is 8.89. The summed E-state index contributed by atoms with van der Waals surface area (Å²) in [6.07, 6.45) is -6.98. The standard InChI is InChI=1S/C23H23F6N7O2/c1-11-5-14(23(27,28)29)6-30-19(11)33-9-16-13(3)38-22(25,26)10-36(16)21(37)18-17(12(2)35(4)34-18)20-31-7-15(24)8-32-20/h5-8,13,16H,9-10H2,1-4H3,(H,30,33)/t13-,16+/m0/s1. The molecule has 9 nitrogen and oxygen atoms in total. The molecule has 1 N–H and O–H groups in total. The first-order chi connectivity index (χ1) is 17.7. The molecule has 1 fully saturated rings. The van der Waals surface area contributed by atoms with Gasteiger partial charge in [0, 0.05) is 25.5 Å². The Hall–Kier alpha value is -3.75. The van der Waals surface area contributed by atoms with Crippen molar-refractivity contribution in [3.63, 3.8) is 0 Å². The number of pyridine rings is 1. The first-order valence-electron chi connectivity index (χ1n) is 11.3. The molecule has 0 aliphatic carbocycles. The van der Waals surface area contributed by atoms with Gasteiger partial charge in [0.1, 0.15) is 12.4 Å². The number of alkyl halides is 5. The monoisotopic (exact) mass is 543 g/mol. The van der Waals surface area contributed by atoms with Crippen LogP contribution in [-0.2, 0) is 18.0 Å². The van der Waals surface area contributed by atoms with Gasteiger partial charge in [0.2, 0.25) is 0 Å². The molecule has 1 amide bonds. The largest absolute Gasteiger partial charge is 0.417 e. The van der Waals surface area contributed by atoms with E-state index in [9.17, 15) is 31.1 Å². The van der Waals surface area contributed by atoms with Crippen LogP contribution in [0.1, 0.15) is 34.2 Å². The summed E-state index contributed by atoms with van der Waals surface area (Å²) in [6, 6.07) is -0.0892. The molecule has 0 spiro atoms. The number of hydrogen-bond donors (Lipinski definition) is 1. The van der Waals surface area contributed by atoms with Crippen molar-refractivity contribution in [1.29, 1.82) is 0 Å². The number of anilines is 1. The number of nitrogens with zero attached hydrogens (tertiary/aromatic N) is 6. The lowest BCUT2D eigenvalue weighted by molar-refractivity contribution is -0.298. The van der Waals surface area contributed by atoms with Crippen molar-refractivity contribution in [2.75, 3.05) is 18.4 Å². The third-order valence-electron chi connectivity index (χ3n) is 6.18. The van der Waals surface area contributed by atoms with Gasteiger partial charge in [-0.15, -0.1) is 0 Å². The summed E-state index contributed by atoms with van der Waals surface area (Å²) >= 11 is 0. The van der Waals surface area contributed by atoms with Crippen molar-refractivity contribution in [1.82, 2.24) is 29.6 Å². The number of halogens is 6. The molecule has 1 aliphatic rings. The molecule has 0 radical (unpaired) electrons. The zero-order valence-corrected chi connectivity index (χ0v) is 20.6. The highest BCUT2D eigenvalue weighted by atomic mass is 19.4. The van der Waals surface area contributed by atoms with E-state index in [0.29, 0.717) is 11.9 Å². The molecule has 204 valence electrons. The van der Waals surface area contributed by atoms with Crippen molar-refractivity contribution in [3.05, 3.63) is 53.0 Å². The average molecular weight is 543 g/mol. The highest BCUT2D eigenvalue weighted by Gasteiger charge is 2.48. The van der Waals surface area contributed by atoms with Crippen LogP contribution in [0.3, 0.4) is 0 Å². The smallest absolute Gasteiger partial charge is 0.368 e. The van der Waals surface area contributed by atoms with E-state index < -0.39 is 48.3 Å². The van der Waals surface area contributed by atoms with Gasteiger partial charge in [0.15, 0.2) is 17.3 Å². The van der Waals surface area contributed by atoms with Crippen molar-refractivity contribution >= 4 is 11.7 Å². The first kappa shape index (κ1) is 27.3. The number of hydrogen-bond acceptors (Lipinski definition) is 7. The molecule has 2 atom stereocenters. The highest BCUT2D eigenvalue weighted by Crippen LogP contribution is 2.33. The van der Waals surface area contributed by atoms with Gasteiger partial charge in [-0.3, -0.25) is 9.48 Å². The summed E-state index contributed by atoms with van der Waals surface area (Å²) in [5.41, 5.74) is -0.412. The lowest BCUT2D eigenvalue weighted by atomic mass is 10.1. The number of aromatic nitrogens is 5. The summed E-state index contributed by atoms with van der Waals surface area (Å²) in [4.78, 5) is 26.2. The third-order valence-corrected chi connectivity index (χ3v) is 6.18. The van der Waals surface area contributed by atoms with Crippen LogP contribution in [0.4, 0.5) is 32.2 Å². The van der Waals surface area contributed by atoms with E-state index >= 15 is 0 Å². The fourth-order valence-corrected chi connectivity index (χ4v) is 4.17. The fourth-order valence-electron chi connectivity index (χ4n) is 4.17. The summed E-state index contributed by atoms with van der Waals surface area (Å²) in [7, 11) is 1.54. The number of amides is 1. The summed E-state index contributed by atoms with van der Waals surface area (Å²) in [6.45, 7) is 3.09. The topological polar surface area (TPSA) is 98.1 Å². The molecule has 1 saturated heterocycles. The molecule has 15 heteroatoms. The van der Waals surface area contributed by atoms with Crippen molar-refractivity contribution in [2.24, 2.45) is 7.05 Å². The van der Waals surface area contributed by atoms with Gasteiger partial charge < -0.3 is 15.0 Å². The Morgan fingerprint density at radius 3 is 2.45 bits per heavy atom. The number of ether oxygens (including phenoxy) is 1. The molecule has 0 bridgehead atoms. The molecular formula is C23H23F6N7O2. The lowest BCUT2D eigenvalue weighted by Gasteiger charge is -2.43. The Morgan fingerprint density at radius 2 is 1.84 bits per heavy atom. The van der Waals surface area contributed by atoms with Gasteiger partial charge in [0.05, 0.1) is 35.7 Å². The fraction of sp³-hybridized carbons (Fsp3) is 0.435.